The molecule has 1 aliphatic rings. The van der Waals surface area contributed by atoms with Gasteiger partial charge >= 0.3 is 0 Å². The number of imidazole rings is 1. The van der Waals surface area contributed by atoms with Crippen LogP contribution in [0.5, 0.6) is 0 Å². The lowest BCUT2D eigenvalue weighted by Crippen LogP contribution is -2.00. The van der Waals surface area contributed by atoms with Gasteiger partial charge in [-0.05, 0) is 12.8 Å². The van der Waals surface area contributed by atoms with Crippen molar-refractivity contribution >= 4 is 11.5 Å². The second kappa shape index (κ2) is 2.22. The summed E-state index contributed by atoms with van der Waals surface area (Å²) in [5.41, 5.74) is 7.63. The molecule has 0 aromatic carbocycles. The van der Waals surface area contributed by atoms with Crippen molar-refractivity contribution in [3.05, 3.63) is 24.3 Å². The van der Waals surface area contributed by atoms with Crippen LogP contribution in [0.4, 0.5) is 5.82 Å². The van der Waals surface area contributed by atoms with E-state index in [0.717, 1.165) is 11.3 Å². The van der Waals surface area contributed by atoms with E-state index in [2.05, 4.69) is 9.97 Å². The van der Waals surface area contributed by atoms with Crippen molar-refractivity contribution in [1.82, 2.24) is 14.4 Å². The Morgan fingerprint density at radius 1 is 1.46 bits per heavy atom. The van der Waals surface area contributed by atoms with Crippen LogP contribution in [0.15, 0.2) is 18.6 Å². The summed E-state index contributed by atoms with van der Waals surface area (Å²) in [5.74, 6) is 1.17. The summed E-state index contributed by atoms with van der Waals surface area (Å²) in [6.07, 6.45) is 8.15. The summed E-state index contributed by atoms with van der Waals surface area (Å²) in [4.78, 5) is 8.44. The van der Waals surface area contributed by atoms with Crippen molar-refractivity contribution in [1.29, 1.82) is 0 Å². The molecule has 4 heteroatoms. The van der Waals surface area contributed by atoms with E-state index in [4.69, 9.17) is 5.73 Å². The Bertz CT molecular complexity index is 456. The summed E-state index contributed by atoms with van der Waals surface area (Å²) in [5, 5.41) is 0. The molecule has 13 heavy (non-hydrogen) atoms. The highest BCUT2D eigenvalue weighted by Gasteiger charge is 2.25. The van der Waals surface area contributed by atoms with E-state index >= 15 is 0 Å². The zero-order valence-electron chi connectivity index (χ0n) is 7.14. The first-order valence-corrected chi connectivity index (χ1v) is 4.43. The Morgan fingerprint density at radius 3 is 3.08 bits per heavy atom. The van der Waals surface area contributed by atoms with Gasteiger partial charge in [0.15, 0.2) is 11.5 Å². The van der Waals surface area contributed by atoms with Gasteiger partial charge < -0.3 is 10.1 Å². The molecule has 2 aromatic heterocycles. The molecule has 2 heterocycles. The fourth-order valence-corrected chi connectivity index (χ4v) is 1.55. The van der Waals surface area contributed by atoms with Crippen molar-refractivity contribution in [3.63, 3.8) is 0 Å². The van der Waals surface area contributed by atoms with Gasteiger partial charge in [-0.3, -0.25) is 0 Å². The van der Waals surface area contributed by atoms with Gasteiger partial charge in [-0.25, -0.2) is 9.97 Å². The van der Waals surface area contributed by atoms with Crippen molar-refractivity contribution < 1.29 is 0 Å². The molecule has 0 radical (unpaired) electrons. The van der Waals surface area contributed by atoms with Crippen LogP contribution >= 0.6 is 0 Å². The van der Waals surface area contributed by atoms with E-state index in [0.29, 0.717) is 11.7 Å². The summed E-state index contributed by atoms with van der Waals surface area (Å²) in [6.45, 7) is 0. The maximum atomic E-state index is 5.77. The quantitative estimate of drug-likeness (QED) is 0.706. The average molecular weight is 174 g/mol. The van der Waals surface area contributed by atoms with E-state index < -0.39 is 0 Å². The molecule has 66 valence electrons. The monoisotopic (exact) mass is 174 g/mol. The van der Waals surface area contributed by atoms with Gasteiger partial charge in [-0.2, -0.15) is 0 Å². The van der Waals surface area contributed by atoms with E-state index in [1.54, 1.807) is 6.20 Å². The highest BCUT2D eigenvalue weighted by Crippen LogP contribution is 2.39. The zero-order chi connectivity index (χ0) is 8.84. The first-order valence-electron chi connectivity index (χ1n) is 4.43. The van der Waals surface area contributed by atoms with E-state index in [1.165, 1.54) is 12.8 Å². The molecule has 4 nitrogen and oxygen atoms in total. The van der Waals surface area contributed by atoms with Crippen molar-refractivity contribution in [2.24, 2.45) is 0 Å². The molecule has 1 saturated carbocycles. The van der Waals surface area contributed by atoms with Crippen LogP contribution in [-0.4, -0.2) is 14.4 Å². The van der Waals surface area contributed by atoms with Gasteiger partial charge in [0, 0.05) is 24.5 Å². The summed E-state index contributed by atoms with van der Waals surface area (Å²) in [6, 6.07) is 0. The number of fused-ring (bicyclic) bond motifs is 1. The second-order valence-corrected chi connectivity index (χ2v) is 3.48. The topological polar surface area (TPSA) is 56.2 Å². The van der Waals surface area contributed by atoms with Gasteiger partial charge in [0.25, 0.3) is 0 Å². The summed E-state index contributed by atoms with van der Waals surface area (Å²) < 4.78 is 1.94. The second-order valence-electron chi connectivity index (χ2n) is 3.48. The molecule has 0 atom stereocenters. The highest BCUT2D eigenvalue weighted by atomic mass is 15.1. The summed E-state index contributed by atoms with van der Waals surface area (Å²) in [7, 11) is 0. The Labute approximate surface area is 75.4 Å². The van der Waals surface area contributed by atoms with Crippen LogP contribution in [-0.2, 0) is 0 Å². The van der Waals surface area contributed by atoms with Gasteiger partial charge in [-0.1, -0.05) is 0 Å². The Hall–Kier alpha value is -1.58. The lowest BCUT2D eigenvalue weighted by molar-refractivity contribution is 0.977. The maximum Gasteiger partial charge on any atom is 0.179 e. The van der Waals surface area contributed by atoms with Gasteiger partial charge in [0.05, 0.1) is 5.69 Å². The molecule has 0 spiro atoms. The predicted molar refractivity (Wildman–Crippen MR) is 49.4 cm³/mol. The molecule has 1 fully saturated rings. The van der Waals surface area contributed by atoms with E-state index in [-0.39, 0.29) is 0 Å². The standard InChI is InChI=1S/C9H10N4/c10-8-9-11-3-4-13(9)5-7(12-8)6-1-2-6/h3-6H,1-2H2,(H2,10,12). The number of nitrogen functional groups attached to an aromatic ring is 1. The number of aromatic nitrogens is 3. The zero-order valence-corrected chi connectivity index (χ0v) is 7.14. The Balaban J connectivity index is 2.27. The molecule has 0 unspecified atom stereocenters. The van der Waals surface area contributed by atoms with Crippen LogP contribution < -0.4 is 5.73 Å². The number of anilines is 1. The largest absolute Gasteiger partial charge is 0.381 e. The first-order chi connectivity index (χ1) is 6.34. The van der Waals surface area contributed by atoms with Gasteiger partial charge in [0.1, 0.15) is 0 Å². The van der Waals surface area contributed by atoms with E-state index in [9.17, 15) is 0 Å². The maximum absolute atomic E-state index is 5.77. The molecule has 2 N–H and O–H groups in total. The molecule has 2 aromatic rings. The number of nitrogens with zero attached hydrogens (tertiary/aromatic N) is 3. The normalized spacial score (nSPS) is 16.6. The fraction of sp³-hybridized carbons (Fsp3) is 0.333. The van der Waals surface area contributed by atoms with Crippen LogP contribution in [0.2, 0.25) is 0 Å². The van der Waals surface area contributed by atoms with Gasteiger partial charge in [-0.15, -0.1) is 0 Å². The van der Waals surface area contributed by atoms with Crippen LogP contribution in [0, 0.1) is 0 Å². The lowest BCUT2D eigenvalue weighted by atomic mass is 10.3. The molecule has 0 amide bonds. The minimum atomic E-state index is 0.536. The molecule has 0 saturated heterocycles. The lowest BCUT2D eigenvalue weighted by Gasteiger charge is -2.01. The number of hydrogen-bond acceptors (Lipinski definition) is 3. The van der Waals surface area contributed by atoms with Crippen molar-refractivity contribution in [2.75, 3.05) is 5.73 Å². The highest BCUT2D eigenvalue weighted by molar-refractivity contribution is 5.59. The molecule has 1 aliphatic carbocycles. The summed E-state index contributed by atoms with van der Waals surface area (Å²) >= 11 is 0. The minimum absolute atomic E-state index is 0.536. The van der Waals surface area contributed by atoms with Crippen LogP contribution in [0.25, 0.3) is 5.65 Å². The number of nitrogens with two attached hydrogens (primary N) is 1. The van der Waals surface area contributed by atoms with E-state index in [1.807, 2.05) is 16.8 Å². The third kappa shape index (κ3) is 0.983. The smallest absolute Gasteiger partial charge is 0.179 e. The first kappa shape index (κ1) is 6.88. The Kier molecular flexibility index (Phi) is 1.17. The Morgan fingerprint density at radius 2 is 2.31 bits per heavy atom. The fourth-order valence-electron chi connectivity index (χ4n) is 1.55. The molecule has 0 aliphatic heterocycles. The minimum Gasteiger partial charge on any atom is -0.381 e. The predicted octanol–water partition coefficient (Wildman–Crippen LogP) is 1.19. The van der Waals surface area contributed by atoms with Gasteiger partial charge in [0.2, 0.25) is 0 Å². The third-order valence-corrected chi connectivity index (χ3v) is 2.41. The number of hydrogen-bond donors (Lipinski definition) is 1. The molecular formula is C9H10N4. The van der Waals surface area contributed by atoms with Crippen molar-refractivity contribution in [3.8, 4) is 0 Å². The molecular weight excluding hydrogens is 164 g/mol. The van der Waals surface area contributed by atoms with Crippen LogP contribution in [0.1, 0.15) is 24.5 Å². The van der Waals surface area contributed by atoms with Crippen molar-refractivity contribution in [2.45, 2.75) is 18.8 Å². The third-order valence-electron chi connectivity index (χ3n) is 2.41. The number of rotatable bonds is 1. The SMILES string of the molecule is Nc1nc(C2CC2)cn2ccnc12. The molecule has 3 rings (SSSR count). The molecule has 0 bridgehead atoms. The van der Waals surface area contributed by atoms with Crippen LogP contribution in [0.3, 0.4) is 0 Å². The average Bonchev–Trinajstić information content (AvgIpc) is 2.85.